The molecule has 0 spiro atoms. The van der Waals surface area contributed by atoms with Crippen molar-refractivity contribution in [2.75, 3.05) is 26.2 Å². The van der Waals surface area contributed by atoms with Crippen LogP contribution in [0.3, 0.4) is 0 Å². The SMILES string of the molecule is O=C(c1cccc(=O)[nH]1)N1CCN(C2Cc3ccccc3C2)CC1. The zero-order chi connectivity index (χ0) is 16.5. The molecule has 1 fully saturated rings. The van der Waals surface area contributed by atoms with Crippen molar-refractivity contribution in [3.8, 4) is 0 Å². The van der Waals surface area contributed by atoms with E-state index in [-0.39, 0.29) is 11.5 Å². The summed E-state index contributed by atoms with van der Waals surface area (Å²) < 4.78 is 0. The number of benzene rings is 1. The molecule has 0 unspecified atom stereocenters. The molecule has 2 aromatic rings. The minimum absolute atomic E-state index is 0.0814. The fourth-order valence-electron chi connectivity index (χ4n) is 3.83. The van der Waals surface area contributed by atoms with Crippen molar-refractivity contribution < 1.29 is 4.79 Å². The molecule has 0 saturated carbocycles. The minimum atomic E-state index is -0.233. The third-order valence-electron chi connectivity index (χ3n) is 5.15. The van der Waals surface area contributed by atoms with Crippen LogP contribution < -0.4 is 5.56 Å². The molecule has 5 nitrogen and oxygen atoms in total. The summed E-state index contributed by atoms with van der Waals surface area (Å²) >= 11 is 0. The first kappa shape index (κ1) is 15.1. The number of nitrogens with zero attached hydrogens (tertiary/aromatic N) is 2. The summed E-state index contributed by atoms with van der Waals surface area (Å²) in [6.07, 6.45) is 2.21. The molecule has 0 atom stereocenters. The number of aromatic nitrogens is 1. The number of carbonyl (C=O) groups is 1. The Bertz CT molecular complexity index is 781. The quantitative estimate of drug-likeness (QED) is 0.906. The number of piperazine rings is 1. The number of carbonyl (C=O) groups excluding carboxylic acids is 1. The van der Waals surface area contributed by atoms with Crippen molar-refractivity contribution in [2.45, 2.75) is 18.9 Å². The van der Waals surface area contributed by atoms with Gasteiger partial charge in [-0.25, -0.2) is 0 Å². The number of hydrogen-bond donors (Lipinski definition) is 1. The van der Waals surface area contributed by atoms with Crippen LogP contribution >= 0.6 is 0 Å². The zero-order valence-electron chi connectivity index (χ0n) is 13.6. The molecule has 2 heterocycles. The van der Waals surface area contributed by atoms with E-state index >= 15 is 0 Å². The first-order valence-electron chi connectivity index (χ1n) is 8.50. The van der Waals surface area contributed by atoms with Crippen LogP contribution in [-0.2, 0) is 12.8 Å². The lowest BCUT2D eigenvalue weighted by Gasteiger charge is -2.38. The molecule has 24 heavy (non-hydrogen) atoms. The van der Waals surface area contributed by atoms with Gasteiger partial charge in [-0.3, -0.25) is 14.5 Å². The zero-order valence-corrected chi connectivity index (χ0v) is 13.6. The average Bonchev–Trinajstić information content (AvgIpc) is 3.05. The molecule has 2 aliphatic rings. The van der Waals surface area contributed by atoms with Crippen molar-refractivity contribution in [3.63, 3.8) is 0 Å². The van der Waals surface area contributed by atoms with E-state index in [1.807, 2.05) is 4.90 Å². The molecule has 1 aromatic heterocycles. The summed E-state index contributed by atoms with van der Waals surface area (Å²) in [5, 5.41) is 0. The highest BCUT2D eigenvalue weighted by molar-refractivity contribution is 5.92. The lowest BCUT2D eigenvalue weighted by atomic mass is 10.1. The van der Waals surface area contributed by atoms with Crippen LogP contribution in [0.4, 0.5) is 0 Å². The number of hydrogen-bond acceptors (Lipinski definition) is 3. The van der Waals surface area contributed by atoms with Crippen LogP contribution in [0.5, 0.6) is 0 Å². The highest BCUT2D eigenvalue weighted by Crippen LogP contribution is 2.26. The fourth-order valence-corrected chi connectivity index (χ4v) is 3.83. The third kappa shape index (κ3) is 2.87. The molecule has 1 N–H and O–H groups in total. The normalized spacial score (nSPS) is 18.6. The average molecular weight is 323 g/mol. The van der Waals surface area contributed by atoms with Gasteiger partial charge in [-0.1, -0.05) is 30.3 Å². The highest BCUT2D eigenvalue weighted by atomic mass is 16.2. The summed E-state index contributed by atoms with van der Waals surface area (Å²) in [6.45, 7) is 3.20. The molecule has 1 aliphatic heterocycles. The van der Waals surface area contributed by atoms with Gasteiger partial charge in [-0.2, -0.15) is 0 Å². The second-order valence-corrected chi connectivity index (χ2v) is 6.59. The smallest absolute Gasteiger partial charge is 0.270 e. The number of aromatic amines is 1. The molecular weight excluding hydrogens is 302 g/mol. The minimum Gasteiger partial charge on any atom is -0.335 e. The van der Waals surface area contributed by atoms with Gasteiger partial charge in [0, 0.05) is 38.3 Å². The Balaban J connectivity index is 1.37. The van der Waals surface area contributed by atoms with Crippen LogP contribution in [-0.4, -0.2) is 52.9 Å². The van der Waals surface area contributed by atoms with Gasteiger partial charge in [0.15, 0.2) is 0 Å². The van der Waals surface area contributed by atoms with Crippen LogP contribution in [0.15, 0.2) is 47.3 Å². The molecule has 4 rings (SSSR count). The Kier molecular flexibility index (Phi) is 3.94. The molecule has 124 valence electrons. The van der Waals surface area contributed by atoms with Gasteiger partial charge in [0.2, 0.25) is 5.56 Å². The van der Waals surface area contributed by atoms with Crippen LogP contribution in [0, 0.1) is 0 Å². The van der Waals surface area contributed by atoms with E-state index in [0.29, 0.717) is 24.8 Å². The van der Waals surface area contributed by atoms with E-state index in [2.05, 4.69) is 34.1 Å². The lowest BCUT2D eigenvalue weighted by Crippen LogP contribution is -2.52. The first-order chi connectivity index (χ1) is 11.7. The molecule has 5 heteroatoms. The molecule has 1 aliphatic carbocycles. The Hall–Kier alpha value is -2.40. The monoisotopic (exact) mass is 323 g/mol. The first-order valence-corrected chi connectivity index (χ1v) is 8.50. The molecule has 1 amide bonds. The van der Waals surface area contributed by atoms with Crippen LogP contribution in [0.25, 0.3) is 0 Å². The summed E-state index contributed by atoms with van der Waals surface area (Å²) in [5.41, 5.74) is 3.07. The second kappa shape index (κ2) is 6.24. The van der Waals surface area contributed by atoms with E-state index in [0.717, 1.165) is 25.9 Å². The number of pyridine rings is 1. The maximum Gasteiger partial charge on any atom is 0.270 e. The van der Waals surface area contributed by atoms with Crippen molar-refractivity contribution >= 4 is 5.91 Å². The van der Waals surface area contributed by atoms with Crippen molar-refractivity contribution in [1.29, 1.82) is 0 Å². The second-order valence-electron chi connectivity index (χ2n) is 6.59. The Morgan fingerprint density at radius 3 is 2.21 bits per heavy atom. The maximum absolute atomic E-state index is 12.5. The predicted octanol–water partition coefficient (Wildman–Crippen LogP) is 1.30. The summed E-state index contributed by atoms with van der Waals surface area (Å²) in [5.74, 6) is -0.0814. The maximum atomic E-state index is 12.5. The topological polar surface area (TPSA) is 56.4 Å². The molecular formula is C19H21N3O2. The summed E-state index contributed by atoms with van der Waals surface area (Å²) in [4.78, 5) is 30.8. The van der Waals surface area contributed by atoms with E-state index in [1.165, 1.54) is 17.2 Å². The Labute approximate surface area is 140 Å². The van der Waals surface area contributed by atoms with Gasteiger partial charge >= 0.3 is 0 Å². The summed E-state index contributed by atoms with van der Waals surface area (Å²) in [6, 6.07) is 13.9. The van der Waals surface area contributed by atoms with Crippen molar-refractivity contribution in [1.82, 2.24) is 14.8 Å². The molecule has 0 bridgehead atoms. The van der Waals surface area contributed by atoms with E-state index in [4.69, 9.17) is 0 Å². The van der Waals surface area contributed by atoms with Crippen LogP contribution in [0.2, 0.25) is 0 Å². The van der Waals surface area contributed by atoms with E-state index in [9.17, 15) is 9.59 Å². The summed E-state index contributed by atoms with van der Waals surface area (Å²) in [7, 11) is 0. The Morgan fingerprint density at radius 1 is 0.917 bits per heavy atom. The van der Waals surface area contributed by atoms with Gasteiger partial charge < -0.3 is 9.88 Å². The van der Waals surface area contributed by atoms with Crippen LogP contribution in [0.1, 0.15) is 21.6 Å². The molecule has 1 aromatic carbocycles. The molecule has 0 radical (unpaired) electrons. The van der Waals surface area contributed by atoms with Gasteiger partial charge in [0.25, 0.3) is 5.91 Å². The van der Waals surface area contributed by atoms with Gasteiger partial charge in [0.1, 0.15) is 5.69 Å². The van der Waals surface area contributed by atoms with Crippen molar-refractivity contribution in [3.05, 3.63) is 69.6 Å². The largest absolute Gasteiger partial charge is 0.335 e. The third-order valence-corrected chi connectivity index (χ3v) is 5.15. The lowest BCUT2D eigenvalue weighted by molar-refractivity contribution is 0.0570. The van der Waals surface area contributed by atoms with Gasteiger partial charge in [-0.15, -0.1) is 0 Å². The fraction of sp³-hybridized carbons (Fsp3) is 0.368. The number of amides is 1. The highest BCUT2D eigenvalue weighted by Gasteiger charge is 2.30. The van der Waals surface area contributed by atoms with Crippen molar-refractivity contribution in [2.24, 2.45) is 0 Å². The molecule has 1 saturated heterocycles. The standard InChI is InChI=1S/C19H21N3O2/c23-18-7-3-6-17(20-18)19(24)22-10-8-21(9-11-22)16-12-14-4-1-2-5-15(14)13-16/h1-7,16H,8-13H2,(H,20,23). The van der Waals surface area contributed by atoms with Gasteiger partial charge in [-0.05, 0) is 30.0 Å². The van der Waals surface area contributed by atoms with E-state index in [1.54, 1.807) is 12.1 Å². The Morgan fingerprint density at radius 2 is 1.58 bits per heavy atom. The number of nitrogens with one attached hydrogen (secondary N) is 1. The predicted molar refractivity (Wildman–Crippen MR) is 92.2 cm³/mol. The van der Waals surface area contributed by atoms with Gasteiger partial charge in [0.05, 0.1) is 0 Å². The van der Waals surface area contributed by atoms with E-state index < -0.39 is 0 Å². The number of H-pyrrole nitrogens is 1. The number of rotatable bonds is 2. The number of fused-ring (bicyclic) bond motifs is 1.